The van der Waals surface area contributed by atoms with Gasteiger partial charge in [0.2, 0.25) is 0 Å². The van der Waals surface area contributed by atoms with Gasteiger partial charge in [-0.25, -0.2) is 4.79 Å². The molecular weight excluding hydrogens is 288 g/mol. The third-order valence-corrected chi connectivity index (χ3v) is 3.43. The number of allylic oxidation sites excluding steroid dienone is 1. The van der Waals surface area contributed by atoms with Gasteiger partial charge >= 0.3 is 5.97 Å². The fourth-order valence-electron chi connectivity index (χ4n) is 2.30. The van der Waals surface area contributed by atoms with Gasteiger partial charge in [0.25, 0.3) is 0 Å². The van der Waals surface area contributed by atoms with Gasteiger partial charge in [-0.05, 0) is 43.3 Å². The summed E-state index contributed by atoms with van der Waals surface area (Å²) in [6.45, 7) is 4.01. The quantitative estimate of drug-likeness (QED) is 0.585. The second-order valence-corrected chi connectivity index (χ2v) is 5.00. The molecule has 0 saturated heterocycles. The van der Waals surface area contributed by atoms with Crippen LogP contribution in [-0.2, 0) is 9.53 Å². The van der Waals surface area contributed by atoms with Crippen molar-refractivity contribution >= 4 is 23.3 Å². The zero-order valence-corrected chi connectivity index (χ0v) is 12.8. The first-order chi connectivity index (χ1) is 10.1. The Morgan fingerprint density at radius 1 is 1.43 bits per heavy atom. The molecule has 21 heavy (non-hydrogen) atoms. The average molecular weight is 306 g/mol. The minimum Gasteiger partial charge on any atom is -0.508 e. The molecule has 1 aliphatic heterocycles. The molecule has 1 aliphatic rings. The summed E-state index contributed by atoms with van der Waals surface area (Å²) in [4.78, 5) is 12.3. The summed E-state index contributed by atoms with van der Waals surface area (Å²) in [5.74, 6) is -0.245. The van der Waals surface area contributed by atoms with Gasteiger partial charge in [0.15, 0.2) is 5.11 Å². The number of phenolic OH excluding ortho intramolecular Hbond substituents is 1. The molecule has 0 spiro atoms. The lowest BCUT2D eigenvalue weighted by Crippen LogP contribution is -2.45. The molecule has 1 heterocycles. The highest BCUT2D eigenvalue weighted by Crippen LogP contribution is 2.30. The monoisotopic (exact) mass is 306 g/mol. The minimum atomic E-state index is -0.431. The lowest BCUT2D eigenvalue weighted by molar-refractivity contribution is -0.139. The zero-order valence-electron chi connectivity index (χ0n) is 12.0. The number of esters is 1. The van der Waals surface area contributed by atoms with Crippen LogP contribution in [0.5, 0.6) is 5.75 Å². The molecule has 112 valence electrons. The molecule has 0 bridgehead atoms. The summed E-state index contributed by atoms with van der Waals surface area (Å²) in [5.41, 5.74) is 2.00. The lowest BCUT2D eigenvalue weighted by atomic mass is 9.94. The van der Waals surface area contributed by atoms with Gasteiger partial charge in [0.05, 0.1) is 18.2 Å². The second kappa shape index (κ2) is 6.58. The van der Waals surface area contributed by atoms with Gasteiger partial charge in [-0.2, -0.15) is 0 Å². The minimum absolute atomic E-state index is 0.139. The van der Waals surface area contributed by atoms with Crippen LogP contribution in [0.3, 0.4) is 0 Å². The number of thiocarbonyl (C=S) groups is 1. The largest absolute Gasteiger partial charge is 0.508 e. The topological polar surface area (TPSA) is 70.6 Å². The molecule has 2 rings (SSSR count). The van der Waals surface area contributed by atoms with Crippen LogP contribution in [0.2, 0.25) is 0 Å². The number of carbonyl (C=O) groups is 1. The van der Waals surface area contributed by atoms with Crippen LogP contribution in [0, 0.1) is 0 Å². The van der Waals surface area contributed by atoms with Crippen molar-refractivity contribution in [2.24, 2.45) is 0 Å². The van der Waals surface area contributed by atoms with Crippen molar-refractivity contribution in [3.63, 3.8) is 0 Å². The Bertz CT molecular complexity index is 598. The highest BCUT2D eigenvalue weighted by Gasteiger charge is 2.31. The van der Waals surface area contributed by atoms with Gasteiger partial charge in [-0.1, -0.05) is 19.1 Å². The zero-order chi connectivity index (χ0) is 15.4. The molecule has 1 atom stereocenters. The molecule has 0 aliphatic carbocycles. The summed E-state index contributed by atoms with van der Waals surface area (Å²) in [7, 11) is 0. The van der Waals surface area contributed by atoms with Crippen LogP contribution >= 0.6 is 12.2 Å². The first kappa shape index (κ1) is 15.3. The summed E-state index contributed by atoms with van der Waals surface area (Å²) < 4.78 is 5.15. The highest BCUT2D eigenvalue weighted by molar-refractivity contribution is 7.80. The van der Waals surface area contributed by atoms with Crippen molar-refractivity contribution in [3.05, 3.63) is 41.1 Å². The van der Waals surface area contributed by atoms with Gasteiger partial charge < -0.3 is 20.5 Å². The molecule has 0 fully saturated rings. The summed E-state index contributed by atoms with van der Waals surface area (Å²) in [5, 5.41) is 16.2. The molecule has 1 aromatic carbocycles. The van der Waals surface area contributed by atoms with E-state index in [1.807, 2.05) is 13.0 Å². The van der Waals surface area contributed by atoms with Crippen LogP contribution in [0.25, 0.3) is 0 Å². The van der Waals surface area contributed by atoms with E-state index >= 15 is 0 Å². The van der Waals surface area contributed by atoms with E-state index in [-0.39, 0.29) is 11.7 Å². The van der Waals surface area contributed by atoms with Crippen LogP contribution in [0.1, 0.15) is 31.9 Å². The molecule has 0 amide bonds. The van der Waals surface area contributed by atoms with Crippen LogP contribution in [0.4, 0.5) is 0 Å². The average Bonchev–Trinajstić information content (AvgIpc) is 2.46. The Morgan fingerprint density at radius 3 is 2.81 bits per heavy atom. The summed E-state index contributed by atoms with van der Waals surface area (Å²) >= 11 is 5.19. The summed E-state index contributed by atoms with van der Waals surface area (Å²) in [6, 6.07) is 6.32. The van der Waals surface area contributed by atoms with Gasteiger partial charge in [0, 0.05) is 5.70 Å². The molecule has 1 unspecified atom stereocenters. The maximum atomic E-state index is 12.3. The van der Waals surface area contributed by atoms with Crippen molar-refractivity contribution in [1.29, 1.82) is 0 Å². The predicted molar refractivity (Wildman–Crippen MR) is 83.7 cm³/mol. The molecule has 6 heteroatoms. The Morgan fingerprint density at radius 2 is 2.19 bits per heavy atom. The maximum Gasteiger partial charge on any atom is 0.338 e. The molecule has 0 radical (unpaired) electrons. The number of rotatable bonds is 4. The number of hydrogen-bond acceptors (Lipinski definition) is 4. The molecule has 1 aromatic rings. The first-order valence-electron chi connectivity index (χ1n) is 6.83. The van der Waals surface area contributed by atoms with Crippen molar-refractivity contribution in [2.75, 3.05) is 6.61 Å². The van der Waals surface area contributed by atoms with Gasteiger partial charge in [0.1, 0.15) is 5.75 Å². The van der Waals surface area contributed by atoms with Crippen LogP contribution in [0.15, 0.2) is 35.5 Å². The predicted octanol–water partition coefficient (Wildman–Crippen LogP) is 2.14. The van der Waals surface area contributed by atoms with Crippen molar-refractivity contribution in [1.82, 2.24) is 10.6 Å². The lowest BCUT2D eigenvalue weighted by Gasteiger charge is -2.30. The van der Waals surface area contributed by atoms with Crippen molar-refractivity contribution in [3.8, 4) is 5.75 Å². The Kier molecular flexibility index (Phi) is 4.80. The normalized spacial score (nSPS) is 18.0. The first-order valence-corrected chi connectivity index (χ1v) is 7.24. The Hall–Kier alpha value is -2.08. The number of carbonyl (C=O) groups excluding carboxylic acids is 1. The third-order valence-electron chi connectivity index (χ3n) is 3.21. The van der Waals surface area contributed by atoms with Crippen molar-refractivity contribution in [2.45, 2.75) is 26.3 Å². The van der Waals surface area contributed by atoms with Crippen LogP contribution in [-0.4, -0.2) is 22.8 Å². The van der Waals surface area contributed by atoms with Gasteiger partial charge in [-0.15, -0.1) is 0 Å². The fourth-order valence-corrected chi connectivity index (χ4v) is 2.54. The Balaban J connectivity index is 2.49. The van der Waals surface area contributed by atoms with Crippen molar-refractivity contribution < 1.29 is 14.6 Å². The SMILES string of the molecule is CCOC(=O)C1=C(CC)NC(=S)NC1c1cccc(O)c1. The van der Waals surface area contributed by atoms with E-state index < -0.39 is 6.04 Å². The number of benzene rings is 1. The molecule has 5 nitrogen and oxygen atoms in total. The number of nitrogens with one attached hydrogen (secondary N) is 2. The molecular formula is C15H18N2O3S. The third kappa shape index (κ3) is 3.33. The van der Waals surface area contributed by atoms with E-state index in [4.69, 9.17) is 17.0 Å². The fraction of sp³-hybridized carbons (Fsp3) is 0.333. The molecule has 3 N–H and O–H groups in total. The number of hydrogen-bond donors (Lipinski definition) is 3. The van der Waals surface area contributed by atoms with E-state index in [1.165, 1.54) is 0 Å². The maximum absolute atomic E-state index is 12.3. The van der Waals surface area contributed by atoms with E-state index in [0.29, 0.717) is 23.7 Å². The second-order valence-electron chi connectivity index (χ2n) is 4.59. The summed E-state index contributed by atoms with van der Waals surface area (Å²) in [6.07, 6.45) is 0.630. The number of ether oxygens (including phenoxy) is 1. The Labute approximate surface area is 129 Å². The number of phenols is 1. The smallest absolute Gasteiger partial charge is 0.338 e. The van der Waals surface area contributed by atoms with E-state index in [2.05, 4.69) is 10.6 Å². The van der Waals surface area contributed by atoms with Gasteiger partial charge in [-0.3, -0.25) is 0 Å². The molecule has 0 saturated carbocycles. The van der Waals surface area contributed by atoms with E-state index in [9.17, 15) is 9.90 Å². The standard InChI is InChI=1S/C15H18N2O3S/c1-3-11-12(14(19)20-4-2)13(17-15(21)16-11)9-6-5-7-10(18)8-9/h5-8,13,18H,3-4H2,1-2H3,(H2,16,17,21). The van der Waals surface area contributed by atoms with E-state index in [0.717, 1.165) is 11.3 Å². The van der Waals surface area contributed by atoms with E-state index in [1.54, 1.807) is 25.1 Å². The van der Waals surface area contributed by atoms with Crippen LogP contribution < -0.4 is 10.6 Å². The number of aromatic hydroxyl groups is 1. The molecule has 0 aromatic heterocycles. The highest BCUT2D eigenvalue weighted by atomic mass is 32.1.